The Hall–Kier alpha value is -1.63. The normalized spacial score (nSPS) is 18.0. The summed E-state index contributed by atoms with van der Waals surface area (Å²) in [5, 5.41) is 6.41. The van der Waals surface area contributed by atoms with Gasteiger partial charge in [0.25, 0.3) is 0 Å². The van der Waals surface area contributed by atoms with Crippen LogP contribution in [-0.2, 0) is 9.53 Å². The lowest BCUT2D eigenvalue weighted by atomic mass is 10.0. The molecule has 0 saturated carbocycles. The van der Waals surface area contributed by atoms with Gasteiger partial charge in [-0.3, -0.25) is 4.79 Å². The fourth-order valence-electron chi connectivity index (χ4n) is 2.57. The first-order valence-corrected chi connectivity index (χ1v) is 7.69. The van der Waals surface area contributed by atoms with Crippen LogP contribution in [0.2, 0.25) is 0 Å². The summed E-state index contributed by atoms with van der Waals surface area (Å²) in [6.45, 7) is 2.38. The second kappa shape index (κ2) is 8.12. The first-order valence-electron chi connectivity index (χ1n) is 7.69. The molecule has 0 aliphatic carbocycles. The minimum atomic E-state index is -0.665. The summed E-state index contributed by atoms with van der Waals surface area (Å²) in [7, 11) is 3.67. The number of carbonyl (C=O) groups excluding carboxylic acids is 1. The fourth-order valence-corrected chi connectivity index (χ4v) is 2.57. The van der Waals surface area contributed by atoms with E-state index in [1.54, 1.807) is 0 Å². The number of nitrogens with two attached hydrogens (primary N) is 1. The molecule has 122 valence electrons. The summed E-state index contributed by atoms with van der Waals surface area (Å²) in [6.07, 6.45) is 2.20. The molecule has 6 nitrogen and oxygen atoms in total. The number of nitrogens with one attached hydrogen (secondary N) is 2. The highest BCUT2D eigenvalue weighted by Crippen LogP contribution is 2.24. The van der Waals surface area contributed by atoms with Crippen molar-refractivity contribution in [1.29, 1.82) is 0 Å². The Morgan fingerprint density at radius 1 is 1.36 bits per heavy atom. The summed E-state index contributed by atoms with van der Waals surface area (Å²) < 4.78 is 4.92. The highest BCUT2D eigenvalue weighted by atomic mass is 16.5. The van der Waals surface area contributed by atoms with Crippen LogP contribution in [-0.4, -0.2) is 56.7 Å². The van der Waals surface area contributed by atoms with E-state index < -0.39 is 6.04 Å². The van der Waals surface area contributed by atoms with Gasteiger partial charge in [-0.25, -0.2) is 0 Å². The van der Waals surface area contributed by atoms with Crippen LogP contribution in [0.3, 0.4) is 0 Å². The molecule has 1 aromatic carbocycles. The number of methoxy groups -OCH3 is 1. The molecule has 2 rings (SSSR count). The Bertz CT molecular complexity index is 487. The van der Waals surface area contributed by atoms with Crippen molar-refractivity contribution in [1.82, 2.24) is 4.90 Å². The molecule has 1 unspecified atom stereocenters. The molecular formula is C16H26N4O2. The monoisotopic (exact) mass is 306 g/mol. The van der Waals surface area contributed by atoms with E-state index in [-0.39, 0.29) is 12.5 Å². The number of carbonyl (C=O) groups is 1. The maximum atomic E-state index is 12.0. The third kappa shape index (κ3) is 4.69. The number of likely N-dealkylation sites (tertiary alicyclic amines) is 1. The van der Waals surface area contributed by atoms with Gasteiger partial charge in [0, 0.05) is 13.2 Å². The van der Waals surface area contributed by atoms with Gasteiger partial charge in [0.2, 0.25) is 5.91 Å². The molecule has 1 saturated heterocycles. The molecule has 1 heterocycles. The first kappa shape index (κ1) is 16.7. The predicted octanol–water partition coefficient (Wildman–Crippen LogP) is 1.10. The zero-order chi connectivity index (χ0) is 15.9. The second-order valence-corrected chi connectivity index (χ2v) is 5.82. The number of anilines is 2. The Morgan fingerprint density at radius 2 is 2.00 bits per heavy atom. The van der Waals surface area contributed by atoms with Gasteiger partial charge in [-0.05, 0) is 45.1 Å². The average molecular weight is 306 g/mol. The van der Waals surface area contributed by atoms with Crippen LogP contribution in [0.15, 0.2) is 24.3 Å². The summed E-state index contributed by atoms with van der Waals surface area (Å²) in [6, 6.07) is 7.49. The third-order valence-corrected chi connectivity index (χ3v) is 3.95. The Labute approximate surface area is 132 Å². The third-order valence-electron chi connectivity index (χ3n) is 3.95. The zero-order valence-electron chi connectivity index (χ0n) is 13.3. The SMILES string of the molecule is COCC(N)C(=O)Nc1ccccc1NC1CCN(C)CC1. The number of hydrogen-bond acceptors (Lipinski definition) is 5. The molecule has 6 heteroatoms. The van der Waals surface area contributed by atoms with E-state index in [0.717, 1.165) is 37.3 Å². The molecule has 0 radical (unpaired) electrons. The Kier molecular flexibility index (Phi) is 6.18. The fraction of sp³-hybridized carbons (Fsp3) is 0.562. The van der Waals surface area contributed by atoms with Gasteiger partial charge in [0.1, 0.15) is 6.04 Å². The smallest absolute Gasteiger partial charge is 0.243 e. The van der Waals surface area contributed by atoms with E-state index in [1.165, 1.54) is 7.11 Å². The van der Waals surface area contributed by atoms with Crippen LogP contribution in [0.4, 0.5) is 11.4 Å². The van der Waals surface area contributed by atoms with Gasteiger partial charge < -0.3 is 26.0 Å². The highest BCUT2D eigenvalue weighted by Gasteiger charge is 2.19. The largest absolute Gasteiger partial charge is 0.383 e. The molecule has 22 heavy (non-hydrogen) atoms. The lowest BCUT2D eigenvalue weighted by Gasteiger charge is -2.30. The van der Waals surface area contributed by atoms with Crippen molar-refractivity contribution in [3.8, 4) is 0 Å². The number of nitrogens with zero attached hydrogens (tertiary/aromatic N) is 1. The summed E-state index contributed by atoms with van der Waals surface area (Å²) >= 11 is 0. The van der Waals surface area contributed by atoms with E-state index in [4.69, 9.17) is 10.5 Å². The number of benzene rings is 1. The van der Waals surface area contributed by atoms with E-state index in [2.05, 4.69) is 22.6 Å². The number of piperidine rings is 1. The van der Waals surface area contributed by atoms with Gasteiger partial charge >= 0.3 is 0 Å². The quantitative estimate of drug-likeness (QED) is 0.733. The van der Waals surface area contributed by atoms with Crippen LogP contribution in [0, 0.1) is 0 Å². The zero-order valence-corrected chi connectivity index (χ0v) is 13.3. The van der Waals surface area contributed by atoms with Gasteiger partial charge in [0.15, 0.2) is 0 Å². The molecular weight excluding hydrogens is 280 g/mol. The maximum absolute atomic E-state index is 12.0. The molecule has 1 amide bonds. The molecule has 1 aromatic rings. The van der Waals surface area contributed by atoms with Crippen LogP contribution >= 0.6 is 0 Å². The minimum Gasteiger partial charge on any atom is -0.383 e. The van der Waals surface area contributed by atoms with E-state index in [1.807, 2.05) is 24.3 Å². The number of para-hydroxylation sites is 2. The standard InChI is InChI=1S/C16H26N4O2/c1-20-9-7-12(8-10-20)18-14-5-3-4-6-15(14)19-16(21)13(17)11-22-2/h3-6,12-13,18H,7-11,17H2,1-2H3,(H,19,21). The second-order valence-electron chi connectivity index (χ2n) is 5.82. The van der Waals surface area contributed by atoms with Crippen molar-refractivity contribution in [3.63, 3.8) is 0 Å². The van der Waals surface area contributed by atoms with Gasteiger partial charge in [-0.1, -0.05) is 12.1 Å². The lowest BCUT2D eigenvalue weighted by Crippen LogP contribution is -2.39. The van der Waals surface area contributed by atoms with Crippen LogP contribution in [0.25, 0.3) is 0 Å². The molecule has 0 bridgehead atoms. The van der Waals surface area contributed by atoms with Crippen molar-refractivity contribution in [3.05, 3.63) is 24.3 Å². The summed E-state index contributed by atoms with van der Waals surface area (Å²) in [5.41, 5.74) is 7.46. The molecule has 1 aliphatic heterocycles. The van der Waals surface area contributed by atoms with E-state index >= 15 is 0 Å². The number of hydrogen-bond donors (Lipinski definition) is 3. The van der Waals surface area contributed by atoms with Crippen molar-refractivity contribution in [2.75, 3.05) is 44.5 Å². The van der Waals surface area contributed by atoms with E-state index in [9.17, 15) is 4.79 Å². The molecule has 0 spiro atoms. The molecule has 1 fully saturated rings. The van der Waals surface area contributed by atoms with Crippen molar-refractivity contribution in [2.24, 2.45) is 5.73 Å². The van der Waals surface area contributed by atoms with Crippen LogP contribution < -0.4 is 16.4 Å². The topological polar surface area (TPSA) is 79.6 Å². The summed E-state index contributed by atoms with van der Waals surface area (Å²) in [4.78, 5) is 14.4. The van der Waals surface area contributed by atoms with Crippen LogP contribution in [0.1, 0.15) is 12.8 Å². The first-order chi connectivity index (χ1) is 10.6. The minimum absolute atomic E-state index is 0.205. The van der Waals surface area contributed by atoms with Crippen LogP contribution in [0.5, 0.6) is 0 Å². The van der Waals surface area contributed by atoms with Gasteiger partial charge in [-0.2, -0.15) is 0 Å². The Balaban J connectivity index is 1.99. The summed E-state index contributed by atoms with van der Waals surface area (Å²) in [5.74, 6) is -0.237. The van der Waals surface area contributed by atoms with Crippen molar-refractivity contribution in [2.45, 2.75) is 24.9 Å². The molecule has 1 aliphatic rings. The van der Waals surface area contributed by atoms with Gasteiger partial charge in [0.05, 0.1) is 18.0 Å². The van der Waals surface area contributed by atoms with Crippen molar-refractivity contribution < 1.29 is 9.53 Å². The molecule has 0 aromatic heterocycles. The average Bonchev–Trinajstić information content (AvgIpc) is 2.51. The Morgan fingerprint density at radius 3 is 2.64 bits per heavy atom. The van der Waals surface area contributed by atoms with E-state index in [0.29, 0.717) is 6.04 Å². The maximum Gasteiger partial charge on any atom is 0.243 e. The van der Waals surface area contributed by atoms with Gasteiger partial charge in [-0.15, -0.1) is 0 Å². The number of rotatable bonds is 6. The highest BCUT2D eigenvalue weighted by molar-refractivity contribution is 5.97. The number of amides is 1. The predicted molar refractivity (Wildman–Crippen MR) is 89.1 cm³/mol. The van der Waals surface area contributed by atoms with Crippen molar-refractivity contribution >= 4 is 17.3 Å². The molecule has 4 N–H and O–H groups in total. The number of ether oxygens (including phenoxy) is 1. The lowest BCUT2D eigenvalue weighted by molar-refractivity contribution is -0.118. The molecule has 1 atom stereocenters.